The van der Waals surface area contributed by atoms with Crippen molar-refractivity contribution in [1.29, 1.82) is 0 Å². The molecule has 0 bridgehead atoms. The normalized spacial score (nSPS) is 13.7. The number of imidazole rings is 1. The summed E-state index contributed by atoms with van der Waals surface area (Å²) in [6.07, 6.45) is 1.07. The maximum absolute atomic E-state index is 5.03. The zero-order valence-corrected chi connectivity index (χ0v) is 17.1. The van der Waals surface area contributed by atoms with E-state index in [1.54, 1.807) is 0 Å². The lowest BCUT2D eigenvalue weighted by molar-refractivity contribution is 0.701. The first kappa shape index (κ1) is 17.3. The molecule has 0 aliphatic carbocycles. The number of hydrogen-bond donors (Lipinski definition) is 0. The van der Waals surface area contributed by atoms with Gasteiger partial charge in [0, 0.05) is 14.7 Å². The third-order valence-electron chi connectivity index (χ3n) is 4.97. The first-order chi connectivity index (χ1) is 12.6. The highest BCUT2D eigenvalue weighted by Crippen LogP contribution is 2.41. The first-order valence-electron chi connectivity index (χ1n) is 8.93. The number of halogens is 1. The van der Waals surface area contributed by atoms with E-state index in [2.05, 4.69) is 120 Å². The van der Waals surface area contributed by atoms with Gasteiger partial charge in [0.2, 0.25) is 0 Å². The van der Waals surface area contributed by atoms with E-state index in [0.29, 0.717) is 0 Å². The summed E-state index contributed by atoms with van der Waals surface area (Å²) in [6, 6.07) is 27.5. The molecule has 0 aliphatic rings. The molecule has 1 atom stereocenters. The van der Waals surface area contributed by atoms with Gasteiger partial charge in [0.15, 0.2) is 0 Å². The van der Waals surface area contributed by atoms with E-state index in [0.717, 1.165) is 29.0 Å². The molecule has 0 spiro atoms. The van der Waals surface area contributed by atoms with Gasteiger partial charge in [-0.15, -0.1) is 0 Å². The highest BCUT2D eigenvalue weighted by molar-refractivity contribution is 14.1. The third kappa shape index (κ3) is 2.94. The van der Waals surface area contributed by atoms with Gasteiger partial charge in [0.05, 0.1) is 11.0 Å². The topological polar surface area (TPSA) is 17.8 Å². The van der Waals surface area contributed by atoms with Crippen LogP contribution in [0.25, 0.3) is 28.1 Å². The van der Waals surface area contributed by atoms with Gasteiger partial charge in [-0.2, -0.15) is 0 Å². The number of benzene rings is 3. The molecule has 3 heteroatoms. The Morgan fingerprint density at radius 1 is 0.885 bits per heavy atom. The van der Waals surface area contributed by atoms with Gasteiger partial charge >= 0.3 is 0 Å². The molecular formula is C23H21IN2. The van der Waals surface area contributed by atoms with Crippen molar-refractivity contribution in [2.75, 3.05) is 0 Å². The number of nitrogens with zero attached hydrogens (tertiary/aromatic N) is 2. The van der Waals surface area contributed by atoms with Gasteiger partial charge in [-0.1, -0.05) is 84.1 Å². The molecule has 26 heavy (non-hydrogen) atoms. The van der Waals surface area contributed by atoms with E-state index < -0.39 is 0 Å². The molecule has 1 heterocycles. The number of aromatic nitrogens is 2. The molecule has 0 aliphatic heterocycles. The van der Waals surface area contributed by atoms with E-state index in [1.807, 2.05) is 0 Å². The van der Waals surface area contributed by atoms with Crippen LogP contribution in [0.15, 0.2) is 78.9 Å². The molecule has 4 rings (SSSR count). The molecule has 0 saturated heterocycles. The van der Waals surface area contributed by atoms with Crippen LogP contribution in [0.1, 0.15) is 25.8 Å². The fourth-order valence-electron chi connectivity index (χ4n) is 3.37. The minimum absolute atomic E-state index is 0.0635. The SMILES string of the molecule is CCC(C)(I)c1ccccc1-c1nc2ccccc2n1-c1ccccc1. The average Bonchev–Trinajstić information content (AvgIpc) is 3.08. The monoisotopic (exact) mass is 452 g/mol. The predicted octanol–water partition coefficient (Wildman–Crippen LogP) is 6.75. The molecular weight excluding hydrogens is 431 g/mol. The Labute approximate surface area is 168 Å². The maximum atomic E-state index is 5.03. The van der Waals surface area contributed by atoms with Crippen LogP contribution in [0.5, 0.6) is 0 Å². The lowest BCUT2D eigenvalue weighted by Crippen LogP contribution is -2.13. The number of alkyl halides is 1. The van der Waals surface area contributed by atoms with Gasteiger partial charge in [-0.25, -0.2) is 4.98 Å². The molecule has 0 N–H and O–H groups in total. The molecule has 0 saturated carbocycles. The second kappa shape index (κ2) is 6.88. The van der Waals surface area contributed by atoms with Gasteiger partial charge in [0.1, 0.15) is 5.82 Å². The standard InChI is InChI=1S/C23H21IN2/c1-3-23(2,24)19-14-8-7-13-18(19)22-25-20-15-9-10-16-21(20)26(22)17-11-5-4-6-12-17/h4-16H,3H2,1-2H3. The maximum Gasteiger partial charge on any atom is 0.146 e. The van der Waals surface area contributed by atoms with Gasteiger partial charge < -0.3 is 0 Å². The predicted molar refractivity (Wildman–Crippen MR) is 118 cm³/mol. The first-order valence-corrected chi connectivity index (χ1v) is 10.0. The zero-order valence-electron chi connectivity index (χ0n) is 15.0. The van der Waals surface area contributed by atoms with Crippen molar-refractivity contribution in [2.45, 2.75) is 23.7 Å². The quantitative estimate of drug-likeness (QED) is 0.247. The molecule has 130 valence electrons. The summed E-state index contributed by atoms with van der Waals surface area (Å²) in [5.41, 5.74) is 5.82. The van der Waals surface area contributed by atoms with Crippen molar-refractivity contribution in [1.82, 2.24) is 9.55 Å². The molecule has 0 fully saturated rings. The van der Waals surface area contributed by atoms with E-state index in [4.69, 9.17) is 4.98 Å². The van der Waals surface area contributed by atoms with Crippen molar-refractivity contribution in [3.63, 3.8) is 0 Å². The van der Waals surface area contributed by atoms with Crippen LogP contribution in [0.2, 0.25) is 0 Å². The van der Waals surface area contributed by atoms with Crippen molar-refractivity contribution >= 4 is 33.6 Å². The summed E-state index contributed by atoms with van der Waals surface area (Å²) in [4.78, 5) is 5.03. The minimum Gasteiger partial charge on any atom is -0.292 e. The molecule has 2 nitrogen and oxygen atoms in total. The van der Waals surface area contributed by atoms with E-state index in [-0.39, 0.29) is 3.42 Å². The Balaban J connectivity index is 2.06. The van der Waals surface area contributed by atoms with Crippen LogP contribution in [-0.4, -0.2) is 9.55 Å². The van der Waals surface area contributed by atoms with Crippen molar-refractivity contribution in [2.24, 2.45) is 0 Å². The third-order valence-corrected chi connectivity index (χ3v) is 6.31. The second-order valence-corrected chi connectivity index (χ2v) is 9.07. The van der Waals surface area contributed by atoms with Crippen LogP contribution in [0, 0.1) is 0 Å². The number of fused-ring (bicyclic) bond motifs is 1. The van der Waals surface area contributed by atoms with Crippen molar-refractivity contribution in [3.8, 4) is 17.1 Å². The van der Waals surface area contributed by atoms with Crippen molar-refractivity contribution < 1.29 is 0 Å². The van der Waals surface area contributed by atoms with E-state index >= 15 is 0 Å². The highest BCUT2D eigenvalue weighted by Gasteiger charge is 2.26. The second-order valence-electron chi connectivity index (χ2n) is 6.69. The molecule has 3 aromatic carbocycles. The highest BCUT2D eigenvalue weighted by atomic mass is 127. The molecule has 4 aromatic rings. The van der Waals surface area contributed by atoms with Crippen LogP contribution >= 0.6 is 22.6 Å². The summed E-state index contributed by atoms with van der Waals surface area (Å²) in [7, 11) is 0. The van der Waals surface area contributed by atoms with Crippen LogP contribution < -0.4 is 0 Å². The summed E-state index contributed by atoms with van der Waals surface area (Å²) < 4.78 is 2.34. The van der Waals surface area contributed by atoms with Crippen LogP contribution in [0.4, 0.5) is 0 Å². The smallest absolute Gasteiger partial charge is 0.146 e. The van der Waals surface area contributed by atoms with Gasteiger partial charge in [0.25, 0.3) is 0 Å². The van der Waals surface area contributed by atoms with Gasteiger partial charge in [-0.3, -0.25) is 4.57 Å². The average molecular weight is 452 g/mol. The Kier molecular flexibility index (Phi) is 4.57. The van der Waals surface area contributed by atoms with E-state index in [9.17, 15) is 0 Å². The van der Waals surface area contributed by atoms with Crippen LogP contribution in [-0.2, 0) is 3.42 Å². The molecule has 1 unspecified atom stereocenters. The molecule has 0 amide bonds. The summed E-state index contributed by atoms with van der Waals surface area (Å²) in [6.45, 7) is 4.53. The Morgan fingerprint density at radius 2 is 1.54 bits per heavy atom. The van der Waals surface area contributed by atoms with E-state index in [1.165, 1.54) is 11.1 Å². The van der Waals surface area contributed by atoms with Crippen molar-refractivity contribution in [3.05, 3.63) is 84.4 Å². The number of rotatable bonds is 4. The molecule has 0 radical (unpaired) electrons. The zero-order chi connectivity index (χ0) is 18.1. The largest absolute Gasteiger partial charge is 0.292 e. The number of para-hydroxylation sites is 3. The summed E-state index contributed by atoms with van der Waals surface area (Å²) in [5.74, 6) is 1.00. The van der Waals surface area contributed by atoms with Gasteiger partial charge in [-0.05, 0) is 43.2 Å². The fraction of sp³-hybridized carbons (Fsp3) is 0.174. The lowest BCUT2D eigenvalue weighted by Gasteiger charge is -2.24. The number of hydrogen-bond acceptors (Lipinski definition) is 1. The lowest BCUT2D eigenvalue weighted by atomic mass is 9.93. The summed E-state index contributed by atoms with van der Waals surface area (Å²) in [5, 5.41) is 0. The fourth-order valence-corrected chi connectivity index (χ4v) is 3.84. The van der Waals surface area contributed by atoms with Crippen LogP contribution in [0.3, 0.4) is 0 Å². The minimum atomic E-state index is 0.0635. The summed E-state index contributed by atoms with van der Waals surface area (Å²) >= 11 is 2.57. The molecule has 1 aromatic heterocycles. The Bertz CT molecular complexity index is 1050. The Hall–Kier alpha value is -2.14. The Morgan fingerprint density at radius 3 is 2.31 bits per heavy atom.